The predicted octanol–water partition coefficient (Wildman–Crippen LogP) is 2.68. The number of nitrogens with zero attached hydrogens (tertiary/aromatic N) is 4. The van der Waals surface area contributed by atoms with Crippen LogP contribution in [0.4, 0.5) is 5.13 Å². The van der Waals surface area contributed by atoms with Gasteiger partial charge in [-0.2, -0.15) is 0 Å². The van der Waals surface area contributed by atoms with Gasteiger partial charge in [-0.1, -0.05) is 11.3 Å². The van der Waals surface area contributed by atoms with Crippen LogP contribution in [0.1, 0.15) is 47.2 Å². The van der Waals surface area contributed by atoms with Crippen molar-refractivity contribution in [2.24, 2.45) is 0 Å². The van der Waals surface area contributed by atoms with Gasteiger partial charge in [0.1, 0.15) is 22.5 Å². The zero-order valence-electron chi connectivity index (χ0n) is 15.1. The Bertz CT molecular complexity index is 1100. The van der Waals surface area contributed by atoms with Crippen molar-refractivity contribution < 1.29 is 9.53 Å². The number of carbonyl (C=O) groups is 1. The van der Waals surface area contributed by atoms with Crippen molar-refractivity contribution in [1.82, 2.24) is 19.7 Å². The zero-order chi connectivity index (χ0) is 19.1. The number of anilines is 1. The Morgan fingerprint density at radius 3 is 3.00 bits per heavy atom. The first-order valence-electron chi connectivity index (χ1n) is 9.43. The molecular weight excluding hydrogens is 398 g/mol. The molecule has 3 aromatic rings. The molecule has 0 radical (unpaired) electrons. The summed E-state index contributed by atoms with van der Waals surface area (Å²) < 4.78 is 6.97. The molecule has 1 aliphatic heterocycles. The molecule has 2 aliphatic rings. The number of carbonyl (C=O) groups excluding carboxylic acids is 1. The standard InChI is InChI=1S/C18H19N5O3S2/c24-13(20-18-22-21-15(28-18)11-5-3-7-26-11)8-23-9-19-16-14(17(23)25)10-4-1-2-6-12(10)27-16/h9,11H,1-8H2,(H,20,22,24). The van der Waals surface area contributed by atoms with Gasteiger partial charge in [0.05, 0.1) is 11.7 Å². The second-order valence-corrected chi connectivity index (χ2v) is 9.16. The Labute approximate surface area is 168 Å². The molecule has 1 saturated heterocycles. The van der Waals surface area contributed by atoms with E-state index in [0.717, 1.165) is 60.5 Å². The summed E-state index contributed by atoms with van der Waals surface area (Å²) in [6.07, 6.45) is 7.56. The molecule has 1 unspecified atom stereocenters. The lowest BCUT2D eigenvalue weighted by molar-refractivity contribution is -0.116. The molecule has 0 spiro atoms. The van der Waals surface area contributed by atoms with Crippen LogP contribution in [0.2, 0.25) is 0 Å². The SMILES string of the molecule is O=C(Cn1cnc2sc3c(c2c1=O)CCCC3)Nc1nnc(C2CCCO2)s1. The lowest BCUT2D eigenvalue weighted by Gasteiger charge is -2.10. The maximum Gasteiger partial charge on any atom is 0.262 e. The van der Waals surface area contributed by atoms with Crippen LogP contribution in [0.25, 0.3) is 10.2 Å². The molecule has 0 saturated carbocycles. The predicted molar refractivity (Wildman–Crippen MR) is 107 cm³/mol. The minimum absolute atomic E-state index is 0.0258. The molecule has 1 atom stereocenters. The molecule has 1 N–H and O–H groups in total. The first kappa shape index (κ1) is 17.9. The van der Waals surface area contributed by atoms with Gasteiger partial charge in [0, 0.05) is 11.5 Å². The number of hydrogen-bond donors (Lipinski definition) is 1. The number of rotatable bonds is 4. The Morgan fingerprint density at radius 2 is 2.14 bits per heavy atom. The summed E-state index contributed by atoms with van der Waals surface area (Å²) in [6, 6.07) is 0. The van der Waals surface area contributed by atoms with Gasteiger partial charge in [-0.25, -0.2) is 4.98 Å². The van der Waals surface area contributed by atoms with E-state index in [2.05, 4.69) is 20.5 Å². The third-order valence-electron chi connectivity index (χ3n) is 5.15. The molecule has 3 aromatic heterocycles. The van der Waals surface area contributed by atoms with Gasteiger partial charge < -0.3 is 4.74 Å². The third-order valence-corrected chi connectivity index (χ3v) is 7.28. The summed E-state index contributed by atoms with van der Waals surface area (Å²) in [6.45, 7) is 0.637. The van der Waals surface area contributed by atoms with Crippen LogP contribution in [0.5, 0.6) is 0 Å². The molecular formula is C18H19N5O3S2. The molecule has 146 valence electrons. The number of nitrogens with one attached hydrogen (secondary N) is 1. The highest BCUT2D eigenvalue weighted by Crippen LogP contribution is 2.33. The van der Waals surface area contributed by atoms with Crippen LogP contribution in [0.3, 0.4) is 0 Å². The summed E-state index contributed by atoms with van der Waals surface area (Å²) in [7, 11) is 0. The largest absolute Gasteiger partial charge is 0.371 e. The van der Waals surface area contributed by atoms with E-state index in [1.165, 1.54) is 27.1 Å². The Balaban J connectivity index is 1.34. The number of aromatic nitrogens is 4. The molecule has 0 bridgehead atoms. The van der Waals surface area contributed by atoms with E-state index in [1.807, 2.05) is 0 Å². The fourth-order valence-electron chi connectivity index (χ4n) is 3.79. The van der Waals surface area contributed by atoms with E-state index in [1.54, 1.807) is 11.3 Å². The molecule has 8 nitrogen and oxygen atoms in total. The zero-order valence-corrected chi connectivity index (χ0v) is 16.8. The summed E-state index contributed by atoms with van der Waals surface area (Å²) in [5, 5.41) is 12.7. The van der Waals surface area contributed by atoms with Crippen molar-refractivity contribution in [3.05, 3.63) is 32.1 Å². The number of ether oxygens (including phenoxy) is 1. The smallest absolute Gasteiger partial charge is 0.262 e. The molecule has 1 aliphatic carbocycles. The van der Waals surface area contributed by atoms with E-state index in [4.69, 9.17) is 4.74 Å². The topological polar surface area (TPSA) is 99.0 Å². The van der Waals surface area contributed by atoms with Gasteiger partial charge in [0.15, 0.2) is 0 Å². The molecule has 1 fully saturated rings. The van der Waals surface area contributed by atoms with Crippen LogP contribution in [-0.4, -0.2) is 32.3 Å². The van der Waals surface area contributed by atoms with Crippen molar-refractivity contribution in [3.63, 3.8) is 0 Å². The number of thiophene rings is 1. The Hall–Kier alpha value is -2.17. The number of fused-ring (bicyclic) bond motifs is 3. The number of hydrogen-bond acceptors (Lipinski definition) is 8. The first-order chi connectivity index (χ1) is 13.7. The van der Waals surface area contributed by atoms with Gasteiger partial charge in [0.2, 0.25) is 11.0 Å². The van der Waals surface area contributed by atoms with Crippen molar-refractivity contribution in [2.75, 3.05) is 11.9 Å². The normalized spacial score (nSPS) is 19.1. The second-order valence-electron chi connectivity index (χ2n) is 7.06. The Morgan fingerprint density at radius 1 is 1.25 bits per heavy atom. The van der Waals surface area contributed by atoms with Gasteiger partial charge >= 0.3 is 0 Å². The monoisotopic (exact) mass is 417 g/mol. The summed E-state index contributed by atoms with van der Waals surface area (Å²) in [5.41, 5.74) is 0.987. The maximum atomic E-state index is 12.9. The van der Waals surface area contributed by atoms with Crippen molar-refractivity contribution >= 4 is 43.9 Å². The van der Waals surface area contributed by atoms with E-state index in [9.17, 15) is 9.59 Å². The van der Waals surface area contributed by atoms with E-state index >= 15 is 0 Å². The van der Waals surface area contributed by atoms with Crippen LogP contribution < -0.4 is 10.9 Å². The second kappa shape index (κ2) is 7.34. The lowest BCUT2D eigenvalue weighted by atomic mass is 9.97. The van der Waals surface area contributed by atoms with Crippen LogP contribution in [0, 0.1) is 0 Å². The fourth-order valence-corrected chi connectivity index (χ4v) is 5.86. The third kappa shape index (κ3) is 3.25. The quantitative estimate of drug-likeness (QED) is 0.701. The molecule has 10 heteroatoms. The lowest BCUT2D eigenvalue weighted by Crippen LogP contribution is -2.28. The minimum Gasteiger partial charge on any atom is -0.371 e. The van der Waals surface area contributed by atoms with Gasteiger partial charge in [-0.3, -0.25) is 19.5 Å². The summed E-state index contributed by atoms with van der Waals surface area (Å²) >= 11 is 2.92. The number of aryl methyl sites for hydroxylation is 2. The van der Waals surface area contributed by atoms with Gasteiger partial charge in [-0.15, -0.1) is 21.5 Å². The van der Waals surface area contributed by atoms with Crippen LogP contribution in [-0.2, 0) is 28.9 Å². The molecule has 0 aromatic carbocycles. The molecule has 28 heavy (non-hydrogen) atoms. The summed E-state index contributed by atoms with van der Waals surface area (Å²) in [5.74, 6) is -0.317. The summed E-state index contributed by atoms with van der Waals surface area (Å²) in [4.78, 5) is 31.8. The average Bonchev–Trinajstić information content (AvgIpc) is 3.42. The van der Waals surface area contributed by atoms with Crippen LogP contribution >= 0.6 is 22.7 Å². The first-order valence-corrected chi connectivity index (χ1v) is 11.1. The fraction of sp³-hybridized carbons (Fsp3) is 0.500. The molecule has 4 heterocycles. The van der Waals surface area contributed by atoms with Crippen molar-refractivity contribution in [1.29, 1.82) is 0 Å². The van der Waals surface area contributed by atoms with Gasteiger partial charge in [0.25, 0.3) is 5.56 Å². The number of amides is 1. The molecule has 1 amide bonds. The maximum absolute atomic E-state index is 12.9. The highest BCUT2D eigenvalue weighted by Gasteiger charge is 2.23. The highest BCUT2D eigenvalue weighted by atomic mass is 32.1. The van der Waals surface area contributed by atoms with Gasteiger partial charge in [-0.05, 0) is 44.1 Å². The highest BCUT2D eigenvalue weighted by molar-refractivity contribution is 7.18. The Kier molecular flexibility index (Phi) is 4.69. The van der Waals surface area contributed by atoms with Crippen molar-refractivity contribution in [3.8, 4) is 0 Å². The van der Waals surface area contributed by atoms with E-state index in [0.29, 0.717) is 10.5 Å². The van der Waals surface area contributed by atoms with Crippen LogP contribution in [0.15, 0.2) is 11.1 Å². The minimum atomic E-state index is -0.317. The molecule has 5 rings (SSSR count). The average molecular weight is 418 g/mol. The van der Waals surface area contributed by atoms with E-state index < -0.39 is 0 Å². The van der Waals surface area contributed by atoms with Crippen molar-refractivity contribution in [2.45, 2.75) is 51.2 Å². The van der Waals surface area contributed by atoms with E-state index in [-0.39, 0.29) is 24.1 Å².